The molecule has 4 rings (SSSR count). The van der Waals surface area contributed by atoms with Crippen LogP contribution in [0.25, 0.3) is 10.9 Å². The Labute approximate surface area is 192 Å². The van der Waals surface area contributed by atoms with Gasteiger partial charge in [-0.2, -0.15) is 0 Å². The van der Waals surface area contributed by atoms with Crippen molar-refractivity contribution in [2.24, 2.45) is 0 Å². The molecular weight excluding hydrogens is 380 g/mol. The van der Waals surface area contributed by atoms with Gasteiger partial charge in [-0.25, -0.2) is 0 Å². The number of benzene rings is 1. The van der Waals surface area contributed by atoms with Gasteiger partial charge in [-0.1, -0.05) is 73.4 Å². The second-order valence-corrected chi connectivity index (χ2v) is 6.63. The van der Waals surface area contributed by atoms with Gasteiger partial charge in [-0.3, -0.25) is 4.98 Å². The summed E-state index contributed by atoms with van der Waals surface area (Å²) in [5, 5.41) is 7.85. The van der Waals surface area contributed by atoms with Crippen LogP contribution in [0.3, 0.4) is 0 Å². The molecule has 0 fully saturated rings. The lowest BCUT2D eigenvalue weighted by molar-refractivity contribution is 0.955. The monoisotopic (exact) mass is 428 g/mol. The molecule has 0 spiro atoms. The zero-order valence-corrected chi connectivity index (χ0v) is 22.2. The van der Waals surface area contributed by atoms with Gasteiger partial charge in [0, 0.05) is 16.9 Å². The van der Waals surface area contributed by atoms with Crippen molar-refractivity contribution in [3.63, 3.8) is 0 Å². The molecule has 0 amide bonds. The first-order chi connectivity index (χ1) is 14.9. The summed E-state index contributed by atoms with van der Waals surface area (Å²) < 4.78 is 0. The molecule has 2 aromatic heterocycles. The topological polar surface area (TPSA) is 52.7 Å². The smallest absolute Gasteiger partial charge is 0.0936 e. The van der Waals surface area contributed by atoms with Crippen LogP contribution < -0.4 is 10.6 Å². The van der Waals surface area contributed by atoms with Gasteiger partial charge in [0.25, 0.3) is 0 Å². The van der Waals surface area contributed by atoms with Crippen LogP contribution in [-0.2, 0) is 0 Å². The summed E-state index contributed by atoms with van der Waals surface area (Å²) in [6.07, 6.45) is 3.44. The molecule has 176 valence electrons. The zero-order chi connectivity index (χ0) is 24.4. The molecule has 4 nitrogen and oxygen atoms in total. The van der Waals surface area contributed by atoms with E-state index in [0.29, 0.717) is 6.17 Å². The maximum absolute atomic E-state index is 4.18. The Morgan fingerprint density at radius 2 is 1.35 bits per heavy atom. The summed E-state index contributed by atoms with van der Waals surface area (Å²) >= 11 is 0. The van der Waals surface area contributed by atoms with Crippen molar-refractivity contribution in [1.29, 1.82) is 0 Å². The van der Waals surface area contributed by atoms with Crippen LogP contribution in [0.5, 0.6) is 0 Å². The number of nitrogens with zero attached hydrogens (tertiary/aromatic N) is 1. The molecule has 31 heavy (non-hydrogen) atoms. The fourth-order valence-corrected chi connectivity index (χ4v) is 2.69. The van der Waals surface area contributed by atoms with Crippen molar-refractivity contribution in [3.8, 4) is 0 Å². The maximum atomic E-state index is 4.18. The van der Waals surface area contributed by atoms with E-state index in [4.69, 9.17) is 0 Å². The molecule has 1 aliphatic rings. The predicted octanol–water partition coefficient (Wildman–Crippen LogP) is 8.85. The van der Waals surface area contributed by atoms with E-state index in [1.807, 2.05) is 60.7 Å². The molecule has 0 saturated carbocycles. The normalized spacial score (nSPS) is 12.2. The van der Waals surface area contributed by atoms with Crippen LogP contribution in [0, 0.1) is 20.8 Å². The lowest BCUT2D eigenvalue weighted by Gasteiger charge is -2.01. The van der Waals surface area contributed by atoms with Gasteiger partial charge in [0.05, 0.1) is 23.7 Å². The van der Waals surface area contributed by atoms with E-state index < -0.39 is 0 Å². The highest BCUT2D eigenvalue weighted by Gasteiger charge is 2.14. The molecule has 1 aliphatic heterocycles. The van der Waals surface area contributed by atoms with Crippen molar-refractivity contribution < 1.29 is 0 Å². The molecule has 1 aromatic carbocycles. The molecule has 0 aliphatic carbocycles. The summed E-state index contributed by atoms with van der Waals surface area (Å²) in [6.45, 7) is 24.5. The highest BCUT2D eigenvalue weighted by atomic mass is 15.2. The third kappa shape index (κ3) is 11.5. The summed E-state index contributed by atoms with van der Waals surface area (Å²) in [6, 6.07) is 10.7. The summed E-state index contributed by atoms with van der Waals surface area (Å²) in [7, 11) is 0. The van der Waals surface area contributed by atoms with Gasteiger partial charge in [-0.05, 0) is 57.3 Å². The average Bonchev–Trinajstić information content (AvgIpc) is 3.33. The van der Waals surface area contributed by atoms with E-state index in [0.717, 1.165) is 17.1 Å². The number of pyridine rings is 1. The third-order valence-corrected chi connectivity index (χ3v) is 3.70. The van der Waals surface area contributed by atoms with E-state index >= 15 is 0 Å². The van der Waals surface area contributed by atoms with E-state index in [1.54, 1.807) is 0 Å². The predicted molar refractivity (Wildman–Crippen MR) is 143 cm³/mol. The zero-order valence-electron chi connectivity index (χ0n) is 22.2. The van der Waals surface area contributed by atoms with Gasteiger partial charge in [-0.15, -0.1) is 0 Å². The number of fused-ring (bicyclic) bond motifs is 2. The first kappa shape index (κ1) is 30.7. The lowest BCUT2D eigenvalue weighted by atomic mass is 10.2. The molecule has 4 heteroatoms. The fraction of sp³-hybridized carbons (Fsp3) is 0.519. The van der Waals surface area contributed by atoms with Gasteiger partial charge in [0.1, 0.15) is 0 Å². The summed E-state index contributed by atoms with van der Waals surface area (Å²) in [5.41, 5.74) is 7.08. The van der Waals surface area contributed by atoms with Crippen molar-refractivity contribution in [3.05, 3.63) is 53.5 Å². The SMILES string of the molecule is CC.CC.CC.CCC.Cc1cc2c(cn1)NC(C)N2.Cc1ccc2[nH]c(C)cc2c1. The van der Waals surface area contributed by atoms with E-state index in [-0.39, 0.29) is 0 Å². The second kappa shape index (κ2) is 18.3. The largest absolute Gasteiger partial charge is 0.364 e. The Bertz CT molecular complexity index is 821. The number of aromatic amines is 1. The number of hydrogen-bond acceptors (Lipinski definition) is 3. The third-order valence-electron chi connectivity index (χ3n) is 3.70. The standard InChI is InChI=1S/C10H11N.C8H11N3.C3H8.3C2H6/c1-7-3-4-10-9(5-7)6-8(2)11-10;1-5-3-7-8(4-9-5)11-6(2)10-7;1-3-2;3*1-2/h3-6,11H,1-2H3;3-4,6,10-11H,1-2H3;3H2,1-2H3;3*1-2H3. The number of rotatable bonds is 0. The molecule has 1 unspecified atom stereocenters. The maximum Gasteiger partial charge on any atom is 0.0936 e. The Kier molecular flexibility index (Phi) is 18.1. The van der Waals surface area contributed by atoms with Crippen LogP contribution in [0.4, 0.5) is 11.4 Å². The molecular formula is C27H48N4. The van der Waals surface area contributed by atoms with Crippen LogP contribution in [0.1, 0.15) is 85.7 Å². The number of H-pyrrole nitrogens is 1. The lowest BCUT2D eigenvalue weighted by Crippen LogP contribution is -2.16. The quantitative estimate of drug-likeness (QED) is 0.335. The molecule has 0 radical (unpaired) electrons. The van der Waals surface area contributed by atoms with Gasteiger partial charge in [0.15, 0.2) is 0 Å². The van der Waals surface area contributed by atoms with Gasteiger partial charge < -0.3 is 15.6 Å². The Morgan fingerprint density at radius 3 is 1.94 bits per heavy atom. The molecule has 3 aromatic rings. The first-order valence-electron chi connectivity index (χ1n) is 12.0. The first-order valence-corrected chi connectivity index (χ1v) is 12.0. The Morgan fingerprint density at radius 1 is 0.806 bits per heavy atom. The highest BCUT2D eigenvalue weighted by molar-refractivity contribution is 5.80. The van der Waals surface area contributed by atoms with Crippen molar-refractivity contribution >= 4 is 22.3 Å². The summed E-state index contributed by atoms with van der Waals surface area (Å²) in [5.74, 6) is 0. The Hall–Kier alpha value is -2.49. The average molecular weight is 429 g/mol. The Balaban J connectivity index is 0. The van der Waals surface area contributed by atoms with E-state index in [2.05, 4.69) is 79.5 Å². The molecule has 3 N–H and O–H groups in total. The minimum Gasteiger partial charge on any atom is -0.364 e. The minimum atomic E-state index is 0.327. The number of nitrogens with one attached hydrogen (secondary N) is 3. The molecule has 1 atom stereocenters. The van der Waals surface area contributed by atoms with Gasteiger partial charge in [0.2, 0.25) is 0 Å². The number of anilines is 2. The number of aryl methyl sites for hydroxylation is 3. The van der Waals surface area contributed by atoms with Crippen LogP contribution in [0.2, 0.25) is 0 Å². The van der Waals surface area contributed by atoms with Crippen LogP contribution in [-0.4, -0.2) is 16.1 Å². The summed E-state index contributed by atoms with van der Waals surface area (Å²) in [4.78, 5) is 7.47. The minimum absolute atomic E-state index is 0.327. The van der Waals surface area contributed by atoms with E-state index in [9.17, 15) is 0 Å². The fourth-order valence-electron chi connectivity index (χ4n) is 2.69. The number of hydrogen-bond donors (Lipinski definition) is 3. The van der Waals surface area contributed by atoms with Crippen molar-refractivity contribution in [2.45, 2.75) is 95.7 Å². The highest BCUT2D eigenvalue weighted by Crippen LogP contribution is 2.27. The van der Waals surface area contributed by atoms with Gasteiger partial charge >= 0.3 is 0 Å². The molecule has 3 heterocycles. The molecule has 0 saturated heterocycles. The van der Waals surface area contributed by atoms with E-state index in [1.165, 1.54) is 28.6 Å². The number of aromatic nitrogens is 2. The van der Waals surface area contributed by atoms with Crippen molar-refractivity contribution in [2.75, 3.05) is 10.6 Å². The van der Waals surface area contributed by atoms with Crippen LogP contribution in [0.15, 0.2) is 36.5 Å². The van der Waals surface area contributed by atoms with Crippen molar-refractivity contribution in [1.82, 2.24) is 9.97 Å². The molecule has 0 bridgehead atoms. The second-order valence-electron chi connectivity index (χ2n) is 6.63. The van der Waals surface area contributed by atoms with Crippen LogP contribution >= 0.6 is 0 Å².